The van der Waals surface area contributed by atoms with Gasteiger partial charge in [-0.2, -0.15) is 5.10 Å². The highest BCUT2D eigenvalue weighted by molar-refractivity contribution is 7.92. The maximum atomic E-state index is 13.5. The minimum absolute atomic E-state index is 0.0779. The van der Waals surface area contributed by atoms with Crippen LogP contribution in [0.1, 0.15) is 36.5 Å². The largest absolute Gasteiger partial charge is 0.484 e. The lowest BCUT2D eigenvalue weighted by molar-refractivity contribution is -0.119. The summed E-state index contributed by atoms with van der Waals surface area (Å²) in [7, 11) is -4.02. The van der Waals surface area contributed by atoms with Crippen molar-refractivity contribution < 1.29 is 22.7 Å². The summed E-state index contributed by atoms with van der Waals surface area (Å²) in [6, 6.07) is 29.3. The van der Waals surface area contributed by atoms with Gasteiger partial charge in [0.25, 0.3) is 21.8 Å². The molecule has 0 fully saturated rings. The second kappa shape index (κ2) is 14.3. The Morgan fingerprint density at radius 3 is 2.14 bits per heavy atom. The number of hydrazone groups is 1. The molecule has 43 heavy (non-hydrogen) atoms. The first kappa shape index (κ1) is 31.0. The third-order valence-electron chi connectivity index (χ3n) is 6.45. The molecule has 0 aromatic heterocycles. The van der Waals surface area contributed by atoms with Gasteiger partial charge in [0.05, 0.1) is 16.8 Å². The van der Waals surface area contributed by atoms with Gasteiger partial charge in [0.1, 0.15) is 12.3 Å². The maximum Gasteiger partial charge on any atom is 0.264 e. The van der Waals surface area contributed by atoms with Crippen LogP contribution >= 0.6 is 0 Å². The van der Waals surface area contributed by atoms with Gasteiger partial charge in [-0.25, -0.2) is 13.8 Å². The van der Waals surface area contributed by atoms with Gasteiger partial charge in [-0.15, -0.1) is 0 Å². The van der Waals surface area contributed by atoms with Crippen LogP contribution in [0.25, 0.3) is 0 Å². The number of benzene rings is 4. The number of amides is 2. The second-order valence-corrected chi connectivity index (χ2v) is 12.0. The van der Waals surface area contributed by atoms with Crippen molar-refractivity contribution in [1.29, 1.82) is 0 Å². The highest BCUT2D eigenvalue weighted by Crippen LogP contribution is 2.25. The van der Waals surface area contributed by atoms with Gasteiger partial charge in [0, 0.05) is 5.69 Å². The minimum atomic E-state index is -4.02. The predicted molar refractivity (Wildman–Crippen MR) is 169 cm³/mol. The Balaban J connectivity index is 1.35. The van der Waals surface area contributed by atoms with Gasteiger partial charge in [-0.1, -0.05) is 61.9 Å². The number of nitrogens with one attached hydrogen (secondary N) is 2. The van der Waals surface area contributed by atoms with Crippen molar-refractivity contribution in [3.05, 3.63) is 120 Å². The minimum Gasteiger partial charge on any atom is -0.484 e. The molecule has 0 unspecified atom stereocenters. The molecular formula is C33H34N4O5S. The number of carbonyl (C=O) groups excluding carboxylic acids is 2. The number of nitrogens with zero attached hydrogens (tertiary/aromatic N) is 2. The topological polar surface area (TPSA) is 117 Å². The normalized spacial score (nSPS) is 11.3. The van der Waals surface area contributed by atoms with Gasteiger partial charge >= 0.3 is 0 Å². The van der Waals surface area contributed by atoms with E-state index < -0.39 is 22.5 Å². The van der Waals surface area contributed by atoms with E-state index in [1.165, 1.54) is 18.3 Å². The van der Waals surface area contributed by atoms with Crippen LogP contribution in [0.4, 0.5) is 11.4 Å². The third-order valence-corrected chi connectivity index (χ3v) is 8.24. The molecule has 0 saturated heterocycles. The molecule has 0 radical (unpaired) electrons. The molecule has 0 aliphatic carbocycles. The molecule has 2 N–H and O–H groups in total. The van der Waals surface area contributed by atoms with Crippen LogP contribution in [-0.4, -0.2) is 39.6 Å². The lowest BCUT2D eigenvalue weighted by atomic mass is 10.0. The number of ether oxygens (including phenoxy) is 1. The summed E-state index contributed by atoms with van der Waals surface area (Å²) in [5.41, 5.74) is 6.28. The fourth-order valence-corrected chi connectivity index (χ4v) is 5.48. The SMILES string of the molecule is Cc1ccc(NC(=O)COc2ccc(/C=N/NC(=O)CN(c3ccc(C(C)C)cc3)S(=O)(=O)c3ccccc3)cc2)cc1. The van der Waals surface area contributed by atoms with Gasteiger partial charge in [0.2, 0.25) is 0 Å². The molecular weight excluding hydrogens is 564 g/mol. The van der Waals surface area contributed by atoms with Crippen molar-refractivity contribution in [2.75, 3.05) is 22.8 Å². The van der Waals surface area contributed by atoms with E-state index in [4.69, 9.17) is 4.74 Å². The molecule has 4 aromatic rings. The molecule has 0 spiro atoms. The second-order valence-electron chi connectivity index (χ2n) is 10.1. The van der Waals surface area contributed by atoms with E-state index in [-0.39, 0.29) is 23.3 Å². The van der Waals surface area contributed by atoms with Gasteiger partial charge in [0.15, 0.2) is 6.61 Å². The number of rotatable bonds is 12. The Kier molecular flexibility index (Phi) is 10.3. The molecule has 0 bridgehead atoms. The maximum absolute atomic E-state index is 13.5. The standard InChI is InChI=1S/C33H34N4O5S/c1-24(2)27-13-17-29(18-14-27)37(43(40,41)31-7-5-4-6-8-31)22-32(38)36-34-21-26-11-19-30(20-12-26)42-23-33(39)35-28-15-9-25(3)10-16-28/h4-21,24H,22-23H2,1-3H3,(H,35,39)(H,36,38)/b34-21+. The summed E-state index contributed by atoms with van der Waals surface area (Å²) in [6.07, 6.45) is 1.43. The number of aryl methyl sites for hydroxylation is 1. The fourth-order valence-electron chi connectivity index (χ4n) is 4.04. The van der Waals surface area contributed by atoms with Crippen molar-refractivity contribution >= 4 is 39.4 Å². The Labute approximate surface area is 252 Å². The quantitative estimate of drug-likeness (QED) is 0.165. The number of carbonyl (C=O) groups is 2. The van der Waals surface area contributed by atoms with Crippen molar-refractivity contribution in [2.45, 2.75) is 31.6 Å². The summed E-state index contributed by atoms with van der Waals surface area (Å²) in [5.74, 6) is -0.125. The summed E-state index contributed by atoms with van der Waals surface area (Å²) >= 11 is 0. The molecule has 0 heterocycles. The van der Waals surface area contributed by atoms with E-state index in [9.17, 15) is 18.0 Å². The molecule has 9 nitrogen and oxygen atoms in total. The monoisotopic (exact) mass is 598 g/mol. The van der Waals surface area contributed by atoms with E-state index in [0.29, 0.717) is 22.7 Å². The van der Waals surface area contributed by atoms with Crippen molar-refractivity contribution in [3.8, 4) is 5.75 Å². The summed E-state index contributed by atoms with van der Waals surface area (Å²) < 4.78 is 33.6. The summed E-state index contributed by atoms with van der Waals surface area (Å²) in [5, 5.41) is 6.76. The lowest BCUT2D eigenvalue weighted by Gasteiger charge is -2.24. The fraction of sp³-hybridized carbons (Fsp3) is 0.182. The van der Waals surface area contributed by atoms with Crippen molar-refractivity contribution in [3.63, 3.8) is 0 Å². The molecule has 0 aliphatic heterocycles. The average Bonchev–Trinajstić information content (AvgIpc) is 3.01. The first-order valence-corrected chi connectivity index (χ1v) is 15.1. The van der Waals surface area contributed by atoms with E-state index >= 15 is 0 Å². The van der Waals surface area contributed by atoms with Crippen LogP contribution in [-0.2, 0) is 19.6 Å². The average molecular weight is 599 g/mol. The number of anilines is 2. The van der Waals surface area contributed by atoms with Crippen LogP contribution in [0.5, 0.6) is 5.75 Å². The lowest BCUT2D eigenvalue weighted by Crippen LogP contribution is -2.39. The molecule has 4 rings (SSSR count). The van der Waals surface area contributed by atoms with Gasteiger partial charge in [-0.3, -0.25) is 13.9 Å². The van der Waals surface area contributed by atoms with E-state index in [1.54, 1.807) is 54.6 Å². The molecule has 2 amide bonds. The Morgan fingerprint density at radius 1 is 0.860 bits per heavy atom. The van der Waals surface area contributed by atoms with E-state index in [1.807, 2.05) is 57.2 Å². The Hall–Kier alpha value is -4.96. The van der Waals surface area contributed by atoms with Crippen molar-refractivity contribution in [2.24, 2.45) is 5.10 Å². The molecule has 10 heteroatoms. The zero-order valence-electron chi connectivity index (χ0n) is 24.2. The molecule has 0 saturated carbocycles. The first-order valence-electron chi connectivity index (χ1n) is 13.7. The summed E-state index contributed by atoms with van der Waals surface area (Å²) in [4.78, 5) is 25.1. The van der Waals surface area contributed by atoms with Gasteiger partial charge < -0.3 is 10.1 Å². The van der Waals surface area contributed by atoms with Crippen LogP contribution in [0.2, 0.25) is 0 Å². The highest BCUT2D eigenvalue weighted by atomic mass is 32.2. The first-order chi connectivity index (χ1) is 20.6. The smallest absolute Gasteiger partial charge is 0.264 e. The zero-order valence-corrected chi connectivity index (χ0v) is 25.0. The van der Waals surface area contributed by atoms with Crippen LogP contribution in [0.3, 0.4) is 0 Å². The van der Waals surface area contributed by atoms with Crippen LogP contribution in [0, 0.1) is 6.92 Å². The Morgan fingerprint density at radius 2 is 1.51 bits per heavy atom. The van der Waals surface area contributed by atoms with Crippen molar-refractivity contribution in [1.82, 2.24) is 5.43 Å². The summed E-state index contributed by atoms with van der Waals surface area (Å²) in [6.45, 7) is 5.45. The van der Waals surface area contributed by atoms with E-state index in [2.05, 4.69) is 15.8 Å². The number of hydrogen-bond acceptors (Lipinski definition) is 6. The zero-order chi connectivity index (χ0) is 30.8. The molecule has 222 valence electrons. The molecule has 0 atom stereocenters. The Bertz CT molecular complexity index is 1650. The third kappa shape index (κ3) is 8.76. The highest BCUT2D eigenvalue weighted by Gasteiger charge is 2.27. The predicted octanol–water partition coefficient (Wildman–Crippen LogP) is 5.48. The van der Waals surface area contributed by atoms with Crippen LogP contribution < -0.4 is 19.8 Å². The number of sulfonamides is 1. The van der Waals surface area contributed by atoms with E-state index in [0.717, 1.165) is 15.4 Å². The molecule has 4 aromatic carbocycles. The molecule has 0 aliphatic rings. The number of hydrogen-bond donors (Lipinski definition) is 2. The van der Waals surface area contributed by atoms with Gasteiger partial charge in [-0.05, 0) is 84.6 Å². The van der Waals surface area contributed by atoms with Crippen LogP contribution in [0.15, 0.2) is 113 Å².